The average Bonchev–Trinajstić information content (AvgIpc) is 3.17. The number of hydrogen-bond donors (Lipinski definition) is 1. The van der Waals surface area contributed by atoms with Crippen LogP contribution in [0.25, 0.3) is 0 Å². The first kappa shape index (κ1) is 14.0. The molecule has 3 heterocycles. The quantitative estimate of drug-likeness (QED) is 0.822. The summed E-state index contributed by atoms with van der Waals surface area (Å²) >= 11 is 0. The van der Waals surface area contributed by atoms with Crippen molar-refractivity contribution in [3.63, 3.8) is 0 Å². The standard InChI is InChI=1S/C16H16N2O5/c19-14-12-2-1-6-18(12)11-4-3-9(8-10(11)17-14)15(20)23-13-5-7-22-16(13)21/h3-4,8,12-13H,1-2,5-7H2,(H,17,19)/t12-,13+/m1/s1. The lowest BCUT2D eigenvalue weighted by Crippen LogP contribution is -2.43. The summed E-state index contributed by atoms with van der Waals surface area (Å²) in [6, 6.07) is 4.96. The van der Waals surface area contributed by atoms with E-state index in [4.69, 9.17) is 9.47 Å². The van der Waals surface area contributed by atoms with Crippen LogP contribution in [0.1, 0.15) is 29.6 Å². The number of anilines is 2. The summed E-state index contributed by atoms with van der Waals surface area (Å²) in [5.74, 6) is -1.14. The molecule has 3 aliphatic rings. The van der Waals surface area contributed by atoms with Gasteiger partial charge >= 0.3 is 11.9 Å². The van der Waals surface area contributed by atoms with Gasteiger partial charge in [-0.05, 0) is 31.0 Å². The molecule has 1 amide bonds. The SMILES string of the molecule is O=C(O[C@H]1CCOC1=O)c1ccc2c(c1)NC(=O)[C@H]1CCCN21. The summed E-state index contributed by atoms with van der Waals surface area (Å²) in [6.07, 6.45) is 1.36. The Morgan fingerprint density at radius 2 is 2.17 bits per heavy atom. The summed E-state index contributed by atoms with van der Waals surface area (Å²) < 4.78 is 9.95. The molecular formula is C16H16N2O5. The van der Waals surface area contributed by atoms with Gasteiger partial charge in [-0.15, -0.1) is 0 Å². The van der Waals surface area contributed by atoms with E-state index < -0.39 is 18.0 Å². The normalized spacial score (nSPS) is 25.5. The second-order valence-corrected chi connectivity index (χ2v) is 5.92. The number of benzene rings is 1. The predicted octanol–water partition coefficient (Wildman–Crippen LogP) is 1.08. The molecule has 0 aromatic heterocycles. The van der Waals surface area contributed by atoms with Gasteiger partial charge in [0.25, 0.3) is 0 Å². The fourth-order valence-corrected chi connectivity index (χ4v) is 3.34. The van der Waals surface area contributed by atoms with Crippen LogP contribution < -0.4 is 10.2 Å². The highest BCUT2D eigenvalue weighted by Gasteiger charge is 2.37. The molecule has 0 saturated carbocycles. The number of carbonyl (C=O) groups is 3. The molecule has 7 heteroatoms. The summed E-state index contributed by atoms with van der Waals surface area (Å²) in [5, 5.41) is 2.85. The zero-order valence-corrected chi connectivity index (χ0v) is 12.4. The van der Waals surface area contributed by atoms with Crippen LogP contribution in [0.3, 0.4) is 0 Å². The second-order valence-electron chi connectivity index (χ2n) is 5.92. The molecule has 23 heavy (non-hydrogen) atoms. The molecular weight excluding hydrogens is 300 g/mol. The smallest absolute Gasteiger partial charge is 0.347 e. The zero-order valence-electron chi connectivity index (χ0n) is 12.4. The summed E-state index contributed by atoms with van der Waals surface area (Å²) in [6.45, 7) is 1.11. The van der Waals surface area contributed by atoms with Gasteiger partial charge < -0.3 is 19.7 Å². The molecule has 0 bridgehead atoms. The van der Waals surface area contributed by atoms with Crippen molar-refractivity contribution >= 4 is 29.2 Å². The number of ether oxygens (including phenoxy) is 2. The van der Waals surface area contributed by atoms with E-state index in [2.05, 4.69) is 10.2 Å². The van der Waals surface area contributed by atoms with Gasteiger partial charge in [0.1, 0.15) is 6.04 Å². The number of fused-ring (bicyclic) bond motifs is 3. The monoisotopic (exact) mass is 316 g/mol. The van der Waals surface area contributed by atoms with Gasteiger partial charge in [0, 0.05) is 13.0 Å². The van der Waals surface area contributed by atoms with Gasteiger partial charge in [0.05, 0.1) is 23.5 Å². The van der Waals surface area contributed by atoms with Gasteiger partial charge in [0.15, 0.2) is 0 Å². The van der Waals surface area contributed by atoms with Crippen LogP contribution in [0.5, 0.6) is 0 Å². The first-order valence-corrected chi connectivity index (χ1v) is 7.72. The van der Waals surface area contributed by atoms with Gasteiger partial charge in [-0.2, -0.15) is 0 Å². The Morgan fingerprint density at radius 3 is 2.96 bits per heavy atom. The Labute approximate surface area is 132 Å². The van der Waals surface area contributed by atoms with Crippen molar-refractivity contribution in [1.29, 1.82) is 0 Å². The highest BCUT2D eigenvalue weighted by Crippen LogP contribution is 2.37. The molecule has 3 aliphatic heterocycles. The highest BCUT2D eigenvalue weighted by molar-refractivity contribution is 6.05. The molecule has 0 radical (unpaired) electrons. The number of cyclic esters (lactones) is 1. The Hall–Kier alpha value is -2.57. The highest BCUT2D eigenvalue weighted by atomic mass is 16.6. The Morgan fingerprint density at radius 1 is 1.30 bits per heavy atom. The predicted molar refractivity (Wildman–Crippen MR) is 80.2 cm³/mol. The molecule has 0 spiro atoms. The number of amides is 1. The number of nitrogens with one attached hydrogen (secondary N) is 1. The molecule has 4 rings (SSSR count). The van der Waals surface area contributed by atoms with Crippen LogP contribution in [0.2, 0.25) is 0 Å². The van der Waals surface area contributed by atoms with E-state index in [1.54, 1.807) is 12.1 Å². The Bertz CT molecular complexity index is 702. The van der Waals surface area contributed by atoms with E-state index in [1.165, 1.54) is 0 Å². The molecule has 2 fully saturated rings. The summed E-state index contributed by atoms with van der Waals surface area (Å²) in [4.78, 5) is 37.7. The third kappa shape index (κ3) is 2.32. The molecule has 0 aliphatic carbocycles. The lowest BCUT2D eigenvalue weighted by atomic mass is 10.1. The van der Waals surface area contributed by atoms with E-state index in [0.717, 1.165) is 25.1 Å². The van der Waals surface area contributed by atoms with Crippen molar-refractivity contribution in [2.75, 3.05) is 23.4 Å². The molecule has 120 valence electrons. The van der Waals surface area contributed by atoms with Gasteiger partial charge in [-0.1, -0.05) is 0 Å². The molecule has 7 nitrogen and oxygen atoms in total. The second kappa shape index (κ2) is 5.26. The maximum Gasteiger partial charge on any atom is 0.347 e. The van der Waals surface area contributed by atoms with Crippen LogP contribution in [0, 0.1) is 0 Å². The van der Waals surface area contributed by atoms with E-state index >= 15 is 0 Å². The number of hydrogen-bond acceptors (Lipinski definition) is 6. The minimum atomic E-state index is -0.837. The summed E-state index contributed by atoms with van der Waals surface area (Å²) in [5.41, 5.74) is 1.84. The molecule has 2 saturated heterocycles. The van der Waals surface area contributed by atoms with Crippen LogP contribution in [-0.4, -0.2) is 43.1 Å². The lowest BCUT2D eigenvalue weighted by molar-refractivity contribution is -0.145. The Kier molecular flexibility index (Phi) is 3.21. The van der Waals surface area contributed by atoms with Gasteiger partial charge in [-0.3, -0.25) is 4.79 Å². The molecule has 2 atom stereocenters. The zero-order chi connectivity index (χ0) is 16.0. The number of nitrogens with zero attached hydrogens (tertiary/aromatic N) is 1. The minimum absolute atomic E-state index is 0.0418. The topological polar surface area (TPSA) is 84.9 Å². The third-order valence-electron chi connectivity index (χ3n) is 4.49. The van der Waals surface area contributed by atoms with E-state index in [1.807, 2.05) is 6.07 Å². The molecule has 0 unspecified atom stereocenters. The fourth-order valence-electron chi connectivity index (χ4n) is 3.34. The average molecular weight is 316 g/mol. The van der Waals surface area contributed by atoms with Crippen LogP contribution in [-0.2, 0) is 19.1 Å². The minimum Gasteiger partial charge on any atom is -0.463 e. The largest absolute Gasteiger partial charge is 0.463 e. The third-order valence-corrected chi connectivity index (χ3v) is 4.49. The number of esters is 2. The van der Waals surface area contributed by atoms with Crippen molar-refractivity contribution in [2.24, 2.45) is 0 Å². The van der Waals surface area contributed by atoms with Gasteiger partial charge in [-0.25, -0.2) is 9.59 Å². The van der Waals surface area contributed by atoms with Crippen molar-refractivity contribution in [2.45, 2.75) is 31.4 Å². The first-order chi connectivity index (χ1) is 11.1. The lowest BCUT2D eigenvalue weighted by Gasteiger charge is -2.33. The number of carbonyl (C=O) groups excluding carboxylic acids is 3. The van der Waals surface area contributed by atoms with Crippen LogP contribution >= 0.6 is 0 Å². The van der Waals surface area contributed by atoms with E-state index in [9.17, 15) is 14.4 Å². The molecule has 1 aromatic carbocycles. The van der Waals surface area contributed by atoms with Crippen molar-refractivity contribution in [3.8, 4) is 0 Å². The maximum atomic E-state index is 12.2. The molecule has 1 aromatic rings. The van der Waals surface area contributed by atoms with Crippen LogP contribution in [0.15, 0.2) is 18.2 Å². The van der Waals surface area contributed by atoms with Gasteiger partial charge in [0.2, 0.25) is 12.0 Å². The van der Waals surface area contributed by atoms with E-state index in [-0.39, 0.29) is 18.6 Å². The van der Waals surface area contributed by atoms with Crippen molar-refractivity contribution in [1.82, 2.24) is 0 Å². The Balaban J connectivity index is 1.57. The van der Waals surface area contributed by atoms with Crippen molar-refractivity contribution in [3.05, 3.63) is 23.8 Å². The first-order valence-electron chi connectivity index (χ1n) is 7.72. The molecule has 1 N–H and O–H groups in total. The van der Waals surface area contributed by atoms with Crippen molar-refractivity contribution < 1.29 is 23.9 Å². The van der Waals surface area contributed by atoms with Crippen LogP contribution in [0.4, 0.5) is 11.4 Å². The van der Waals surface area contributed by atoms with E-state index in [0.29, 0.717) is 17.7 Å². The maximum absolute atomic E-state index is 12.2. The fraction of sp³-hybridized carbons (Fsp3) is 0.438. The summed E-state index contributed by atoms with van der Waals surface area (Å²) in [7, 11) is 0. The number of rotatable bonds is 2.